The van der Waals surface area contributed by atoms with Crippen LogP contribution in [-0.2, 0) is 16.1 Å². The first-order chi connectivity index (χ1) is 18.5. The normalized spacial score (nSPS) is 15.1. The van der Waals surface area contributed by atoms with Crippen LogP contribution in [0.5, 0.6) is 5.75 Å². The van der Waals surface area contributed by atoms with Gasteiger partial charge in [-0.05, 0) is 49.2 Å². The molecule has 1 aliphatic heterocycles. The number of aromatic nitrogens is 1. The smallest absolute Gasteiger partial charge is 0.338 e. The second-order valence-electron chi connectivity index (χ2n) is 8.67. The molecular weight excluding hydrogens is 520 g/mol. The Labute approximate surface area is 228 Å². The van der Waals surface area contributed by atoms with Crippen LogP contribution in [0.2, 0.25) is 5.02 Å². The molecule has 3 aromatic carbocycles. The minimum absolute atomic E-state index is 0.223. The van der Waals surface area contributed by atoms with Gasteiger partial charge in [-0.15, -0.1) is 0 Å². The predicted molar refractivity (Wildman–Crippen MR) is 149 cm³/mol. The van der Waals surface area contributed by atoms with Gasteiger partial charge in [0.2, 0.25) is 0 Å². The van der Waals surface area contributed by atoms with Crippen molar-refractivity contribution in [2.75, 3.05) is 6.61 Å². The van der Waals surface area contributed by atoms with Crippen molar-refractivity contribution in [2.45, 2.75) is 26.5 Å². The predicted octanol–water partition coefficient (Wildman–Crippen LogP) is 5.03. The summed E-state index contributed by atoms with van der Waals surface area (Å²) in [6.45, 7) is 4.10. The summed E-state index contributed by atoms with van der Waals surface area (Å²) in [7, 11) is 0. The van der Waals surface area contributed by atoms with E-state index in [0.29, 0.717) is 38.0 Å². The zero-order chi connectivity index (χ0) is 26.6. The molecule has 1 unspecified atom stereocenters. The molecule has 38 heavy (non-hydrogen) atoms. The van der Waals surface area contributed by atoms with Crippen molar-refractivity contribution in [1.82, 2.24) is 4.57 Å². The van der Waals surface area contributed by atoms with Crippen LogP contribution in [0.3, 0.4) is 0 Å². The molecule has 1 atom stereocenters. The second-order valence-corrected chi connectivity index (χ2v) is 10.1. The van der Waals surface area contributed by atoms with Crippen LogP contribution in [0, 0.1) is 0 Å². The average Bonchev–Trinajstić information content (AvgIpc) is 3.22. The first-order valence-corrected chi connectivity index (χ1v) is 13.4. The maximum absolute atomic E-state index is 13.7. The van der Waals surface area contributed by atoms with Gasteiger partial charge in [-0.2, -0.15) is 0 Å². The van der Waals surface area contributed by atoms with E-state index in [1.807, 2.05) is 84.9 Å². The molecular formula is C30H25ClN2O4S. The molecule has 0 amide bonds. The highest BCUT2D eigenvalue weighted by Crippen LogP contribution is 2.30. The summed E-state index contributed by atoms with van der Waals surface area (Å²) in [5.74, 6) is 0.189. The molecule has 2 heterocycles. The number of carbonyl (C=O) groups excluding carboxylic acids is 1. The molecule has 0 radical (unpaired) electrons. The van der Waals surface area contributed by atoms with Crippen LogP contribution in [0.25, 0.3) is 6.08 Å². The first kappa shape index (κ1) is 25.7. The highest BCUT2D eigenvalue weighted by molar-refractivity contribution is 7.07. The molecule has 0 spiro atoms. The number of ether oxygens (including phenoxy) is 2. The van der Waals surface area contributed by atoms with E-state index in [-0.39, 0.29) is 12.2 Å². The van der Waals surface area contributed by atoms with Gasteiger partial charge in [0.1, 0.15) is 12.4 Å². The molecule has 5 rings (SSSR count). The number of thiazole rings is 1. The van der Waals surface area contributed by atoms with Gasteiger partial charge in [-0.1, -0.05) is 83.6 Å². The summed E-state index contributed by atoms with van der Waals surface area (Å²) < 4.78 is 13.4. The minimum atomic E-state index is -0.626. The zero-order valence-electron chi connectivity index (χ0n) is 20.9. The summed E-state index contributed by atoms with van der Waals surface area (Å²) in [4.78, 5) is 31.8. The highest BCUT2D eigenvalue weighted by Gasteiger charge is 2.33. The van der Waals surface area contributed by atoms with Crippen molar-refractivity contribution in [3.63, 3.8) is 0 Å². The molecule has 1 aliphatic rings. The Hall–Kier alpha value is -3.94. The summed E-state index contributed by atoms with van der Waals surface area (Å²) in [6.07, 6.45) is 1.82. The number of esters is 1. The van der Waals surface area contributed by atoms with E-state index in [1.54, 1.807) is 18.4 Å². The largest absolute Gasteiger partial charge is 0.489 e. The van der Waals surface area contributed by atoms with Gasteiger partial charge in [0.15, 0.2) is 4.80 Å². The van der Waals surface area contributed by atoms with Crippen LogP contribution in [0.4, 0.5) is 0 Å². The summed E-state index contributed by atoms with van der Waals surface area (Å²) in [5, 5.41) is 0.648. The molecule has 8 heteroatoms. The number of allylic oxidation sites excluding steroid dienone is 1. The number of carbonyl (C=O) groups is 1. The summed E-state index contributed by atoms with van der Waals surface area (Å²) in [6, 6.07) is 23.9. The van der Waals surface area contributed by atoms with Gasteiger partial charge < -0.3 is 9.47 Å². The van der Waals surface area contributed by atoms with E-state index in [0.717, 1.165) is 16.7 Å². The van der Waals surface area contributed by atoms with E-state index in [1.165, 1.54) is 11.3 Å². The van der Waals surface area contributed by atoms with E-state index >= 15 is 0 Å². The lowest BCUT2D eigenvalue weighted by Crippen LogP contribution is -2.39. The minimum Gasteiger partial charge on any atom is -0.489 e. The van der Waals surface area contributed by atoms with Gasteiger partial charge in [-0.3, -0.25) is 9.36 Å². The van der Waals surface area contributed by atoms with Gasteiger partial charge in [0.25, 0.3) is 5.56 Å². The monoisotopic (exact) mass is 544 g/mol. The fraction of sp³-hybridized carbons (Fsp3) is 0.167. The second kappa shape index (κ2) is 11.2. The third-order valence-electron chi connectivity index (χ3n) is 6.14. The van der Waals surface area contributed by atoms with Crippen LogP contribution in [0.1, 0.15) is 36.6 Å². The van der Waals surface area contributed by atoms with Crippen molar-refractivity contribution >= 4 is 35.0 Å². The number of hydrogen-bond acceptors (Lipinski definition) is 6. The SMILES string of the molecule is CCOC(=O)C1=C(C)N=c2sc(=Cc3cccc(OCc4ccccc4Cl)c3)c(=O)n2C1c1ccccc1. The molecule has 0 saturated carbocycles. The standard InChI is InChI=1S/C30H25ClN2O4S/c1-3-36-29(35)26-19(2)32-30-33(27(26)21-11-5-4-6-12-21)28(34)25(38-30)17-20-10-9-14-23(16-20)37-18-22-13-7-8-15-24(22)31/h4-17,27H,3,18H2,1-2H3. The van der Waals surface area contributed by atoms with Crippen LogP contribution in [-0.4, -0.2) is 17.1 Å². The molecule has 0 N–H and O–H groups in total. The maximum Gasteiger partial charge on any atom is 0.338 e. The Kier molecular flexibility index (Phi) is 7.58. The zero-order valence-corrected chi connectivity index (χ0v) is 22.5. The number of nitrogens with zero attached hydrogens (tertiary/aromatic N) is 2. The van der Waals surface area contributed by atoms with Crippen molar-refractivity contribution in [3.05, 3.63) is 132 Å². The van der Waals surface area contributed by atoms with E-state index in [4.69, 9.17) is 21.1 Å². The molecule has 4 aromatic rings. The first-order valence-electron chi connectivity index (χ1n) is 12.2. The fourth-order valence-electron chi connectivity index (χ4n) is 4.36. The van der Waals surface area contributed by atoms with Gasteiger partial charge in [0, 0.05) is 10.6 Å². The lowest BCUT2D eigenvalue weighted by atomic mass is 9.96. The fourth-order valence-corrected chi connectivity index (χ4v) is 5.60. The third kappa shape index (κ3) is 5.21. The van der Waals surface area contributed by atoms with Crippen LogP contribution < -0.4 is 19.6 Å². The topological polar surface area (TPSA) is 69.9 Å². The Morgan fingerprint density at radius 2 is 1.84 bits per heavy atom. The lowest BCUT2D eigenvalue weighted by Gasteiger charge is -2.24. The Morgan fingerprint density at radius 3 is 2.61 bits per heavy atom. The van der Waals surface area contributed by atoms with Crippen LogP contribution in [0.15, 0.2) is 99.9 Å². The lowest BCUT2D eigenvalue weighted by molar-refractivity contribution is -0.139. The number of rotatable bonds is 7. The van der Waals surface area contributed by atoms with Crippen LogP contribution >= 0.6 is 22.9 Å². The summed E-state index contributed by atoms with van der Waals surface area (Å²) >= 11 is 7.53. The molecule has 0 fully saturated rings. The van der Waals surface area contributed by atoms with Gasteiger partial charge in [-0.25, -0.2) is 9.79 Å². The van der Waals surface area contributed by atoms with Crippen molar-refractivity contribution in [2.24, 2.45) is 4.99 Å². The number of halogens is 1. The van der Waals surface area contributed by atoms with E-state index in [2.05, 4.69) is 4.99 Å². The molecule has 192 valence electrons. The maximum atomic E-state index is 13.7. The van der Waals surface area contributed by atoms with Crippen molar-refractivity contribution < 1.29 is 14.3 Å². The Morgan fingerprint density at radius 1 is 1.08 bits per heavy atom. The Bertz CT molecular complexity index is 1710. The van der Waals surface area contributed by atoms with E-state index < -0.39 is 12.0 Å². The molecule has 0 aliphatic carbocycles. The number of fused-ring (bicyclic) bond motifs is 1. The Balaban J connectivity index is 1.54. The molecule has 0 bridgehead atoms. The van der Waals surface area contributed by atoms with Crippen molar-refractivity contribution in [1.29, 1.82) is 0 Å². The third-order valence-corrected chi connectivity index (χ3v) is 7.49. The quantitative estimate of drug-likeness (QED) is 0.306. The van der Waals surface area contributed by atoms with E-state index in [9.17, 15) is 9.59 Å². The van der Waals surface area contributed by atoms with Gasteiger partial charge >= 0.3 is 5.97 Å². The molecule has 1 aromatic heterocycles. The number of hydrogen-bond donors (Lipinski definition) is 0. The highest BCUT2D eigenvalue weighted by atomic mass is 35.5. The molecule has 6 nitrogen and oxygen atoms in total. The average molecular weight is 545 g/mol. The molecule has 0 saturated heterocycles. The van der Waals surface area contributed by atoms with Gasteiger partial charge in [0.05, 0.1) is 28.5 Å². The summed E-state index contributed by atoms with van der Waals surface area (Å²) in [5.41, 5.74) is 3.20. The van der Waals surface area contributed by atoms with Crippen molar-refractivity contribution in [3.8, 4) is 5.75 Å². The number of benzene rings is 3.